The maximum atomic E-state index is 10.9. The number of thioether (sulfide) groups is 1. The van der Waals surface area contributed by atoms with Gasteiger partial charge in [-0.25, -0.2) is 0 Å². The predicted molar refractivity (Wildman–Crippen MR) is 84.8 cm³/mol. The highest BCUT2D eigenvalue weighted by atomic mass is 32.2. The van der Waals surface area contributed by atoms with Crippen molar-refractivity contribution >= 4 is 17.7 Å². The molecule has 3 nitrogen and oxygen atoms in total. The quantitative estimate of drug-likeness (QED) is 0.774. The first kappa shape index (κ1) is 16.9. The number of aliphatic carboxylic acids is 1. The van der Waals surface area contributed by atoms with Gasteiger partial charge < -0.3 is 9.84 Å². The molecule has 0 aliphatic carbocycles. The summed E-state index contributed by atoms with van der Waals surface area (Å²) < 4.78 is 5.63. The summed E-state index contributed by atoms with van der Waals surface area (Å²) in [5.41, 5.74) is 1.42. The number of carboxylic acid groups (broad SMARTS) is 1. The Hall–Kier alpha value is -1.16. The van der Waals surface area contributed by atoms with Gasteiger partial charge in [0.15, 0.2) is 0 Å². The van der Waals surface area contributed by atoms with E-state index in [1.807, 2.05) is 19.1 Å². The first-order valence-electron chi connectivity index (χ1n) is 6.92. The maximum Gasteiger partial charge on any atom is 0.316 e. The number of hydrogen-bond acceptors (Lipinski definition) is 3. The third kappa shape index (κ3) is 5.45. The molecule has 0 saturated heterocycles. The predicted octanol–water partition coefficient (Wildman–Crippen LogP) is 3.96. The molecular weight excluding hydrogens is 272 g/mol. The highest BCUT2D eigenvalue weighted by Gasteiger charge is 2.15. The number of benzene rings is 1. The highest BCUT2D eigenvalue weighted by molar-refractivity contribution is 8.00. The van der Waals surface area contributed by atoms with Crippen LogP contribution in [0, 0.1) is 0 Å². The fraction of sp³-hybridized carbons (Fsp3) is 0.562. The van der Waals surface area contributed by atoms with Crippen molar-refractivity contribution in [3.63, 3.8) is 0 Å². The van der Waals surface area contributed by atoms with Crippen LogP contribution in [-0.2, 0) is 10.2 Å². The fourth-order valence-electron chi connectivity index (χ4n) is 1.76. The van der Waals surface area contributed by atoms with E-state index >= 15 is 0 Å². The van der Waals surface area contributed by atoms with Gasteiger partial charge in [0.2, 0.25) is 0 Å². The summed E-state index contributed by atoms with van der Waals surface area (Å²) in [5.74, 6) is 0.778. The second-order valence-electron chi connectivity index (χ2n) is 5.73. The Morgan fingerprint density at radius 1 is 1.30 bits per heavy atom. The van der Waals surface area contributed by atoms with Crippen LogP contribution in [0.3, 0.4) is 0 Å². The first-order valence-corrected chi connectivity index (χ1v) is 7.97. The van der Waals surface area contributed by atoms with Crippen molar-refractivity contribution in [2.24, 2.45) is 0 Å². The molecule has 0 fully saturated rings. The Labute approximate surface area is 125 Å². The van der Waals surface area contributed by atoms with E-state index in [9.17, 15) is 4.79 Å². The number of rotatable bonds is 7. The molecule has 1 N–H and O–H groups in total. The van der Waals surface area contributed by atoms with Gasteiger partial charge in [0.1, 0.15) is 11.0 Å². The molecule has 0 aliphatic heterocycles. The SMILES string of the molecule is CCC(SCCOc1ccc(C(C)(C)C)cc1)C(=O)O. The molecular formula is C16H24O3S. The molecule has 0 amide bonds. The summed E-state index contributed by atoms with van der Waals surface area (Å²) >= 11 is 1.43. The van der Waals surface area contributed by atoms with Gasteiger partial charge in [-0.05, 0) is 29.5 Å². The summed E-state index contributed by atoms with van der Waals surface area (Å²) in [6, 6.07) is 8.10. The number of carbonyl (C=O) groups is 1. The van der Waals surface area contributed by atoms with Crippen molar-refractivity contribution < 1.29 is 14.6 Å². The molecule has 0 spiro atoms. The van der Waals surface area contributed by atoms with Crippen molar-refractivity contribution in [3.05, 3.63) is 29.8 Å². The third-order valence-electron chi connectivity index (χ3n) is 3.04. The summed E-state index contributed by atoms with van der Waals surface area (Å²) in [4.78, 5) is 10.9. The minimum atomic E-state index is -0.743. The van der Waals surface area contributed by atoms with E-state index in [0.29, 0.717) is 18.8 Å². The van der Waals surface area contributed by atoms with Crippen LogP contribution in [-0.4, -0.2) is 28.7 Å². The van der Waals surface area contributed by atoms with Crippen LogP contribution in [0.1, 0.15) is 39.7 Å². The van der Waals surface area contributed by atoms with Gasteiger partial charge in [-0.3, -0.25) is 4.79 Å². The topological polar surface area (TPSA) is 46.5 Å². The average Bonchev–Trinajstić information content (AvgIpc) is 2.38. The molecule has 0 bridgehead atoms. The zero-order chi connectivity index (χ0) is 15.2. The van der Waals surface area contributed by atoms with E-state index in [0.717, 1.165) is 5.75 Å². The van der Waals surface area contributed by atoms with Gasteiger partial charge in [0.05, 0.1) is 6.61 Å². The van der Waals surface area contributed by atoms with Crippen molar-refractivity contribution in [2.75, 3.05) is 12.4 Å². The molecule has 0 aromatic heterocycles. The molecule has 0 heterocycles. The minimum absolute atomic E-state index is 0.143. The summed E-state index contributed by atoms with van der Waals surface area (Å²) in [6.45, 7) is 8.95. The lowest BCUT2D eigenvalue weighted by atomic mass is 9.87. The molecule has 1 aromatic carbocycles. The Morgan fingerprint density at radius 2 is 1.90 bits per heavy atom. The second-order valence-corrected chi connectivity index (χ2v) is 7.04. The van der Waals surface area contributed by atoms with Crippen LogP contribution in [0.4, 0.5) is 0 Å². The summed E-state index contributed by atoms with van der Waals surface area (Å²) in [5, 5.41) is 8.60. The van der Waals surface area contributed by atoms with Gasteiger partial charge in [-0.1, -0.05) is 39.8 Å². The summed E-state index contributed by atoms with van der Waals surface area (Å²) in [6.07, 6.45) is 0.639. The Balaban J connectivity index is 2.38. The van der Waals surface area contributed by atoms with E-state index < -0.39 is 5.97 Å². The molecule has 4 heteroatoms. The largest absolute Gasteiger partial charge is 0.493 e. The third-order valence-corrected chi connectivity index (χ3v) is 4.38. The minimum Gasteiger partial charge on any atom is -0.493 e. The van der Waals surface area contributed by atoms with Gasteiger partial charge in [-0.15, -0.1) is 11.8 Å². The Bertz CT molecular complexity index is 420. The van der Waals surface area contributed by atoms with Crippen LogP contribution < -0.4 is 4.74 Å². The lowest BCUT2D eigenvalue weighted by Crippen LogP contribution is -2.17. The molecule has 1 unspecified atom stereocenters. The lowest BCUT2D eigenvalue weighted by molar-refractivity contribution is -0.136. The number of carboxylic acids is 1. The zero-order valence-electron chi connectivity index (χ0n) is 12.7. The maximum absolute atomic E-state index is 10.9. The Morgan fingerprint density at radius 3 is 2.35 bits per heavy atom. The lowest BCUT2D eigenvalue weighted by Gasteiger charge is -2.19. The van der Waals surface area contributed by atoms with E-state index in [1.54, 1.807) is 0 Å². The standard InChI is InChI=1S/C16H24O3S/c1-5-14(15(17)18)20-11-10-19-13-8-6-12(7-9-13)16(2,3)4/h6-9,14H,5,10-11H2,1-4H3,(H,17,18). The first-order chi connectivity index (χ1) is 9.34. The van der Waals surface area contributed by atoms with Crippen LogP contribution in [0.25, 0.3) is 0 Å². The average molecular weight is 296 g/mol. The van der Waals surface area contributed by atoms with E-state index in [1.165, 1.54) is 17.3 Å². The number of hydrogen-bond donors (Lipinski definition) is 1. The van der Waals surface area contributed by atoms with Gasteiger partial charge in [0.25, 0.3) is 0 Å². The van der Waals surface area contributed by atoms with Crippen LogP contribution in [0.5, 0.6) is 5.75 Å². The smallest absolute Gasteiger partial charge is 0.316 e. The molecule has 1 rings (SSSR count). The molecule has 1 aromatic rings. The van der Waals surface area contributed by atoms with Crippen molar-refractivity contribution in [3.8, 4) is 5.75 Å². The van der Waals surface area contributed by atoms with Crippen LogP contribution in [0.15, 0.2) is 24.3 Å². The fourth-order valence-corrected chi connectivity index (χ4v) is 2.61. The molecule has 0 saturated carbocycles. The summed E-state index contributed by atoms with van der Waals surface area (Å²) in [7, 11) is 0. The normalized spacial score (nSPS) is 13.0. The number of ether oxygens (including phenoxy) is 1. The van der Waals surface area contributed by atoms with E-state index in [2.05, 4.69) is 32.9 Å². The molecule has 112 valence electrons. The van der Waals surface area contributed by atoms with E-state index in [4.69, 9.17) is 9.84 Å². The van der Waals surface area contributed by atoms with Crippen molar-refractivity contribution in [1.82, 2.24) is 0 Å². The van der Waals surface area contributed by atoms with Crippen molar-refractivity contribution in [1.29, 1.82) is 0 Å². The second kappa shape index (κ2) is 7.58. The van der Waals surface area contributed by atoms with Gasteiger partial charge >= 0.3 is 5.97 Å². The Kier molecular flexibility index (Phi) is 6.40. The molecule has 1 atom stereocenters. The van der Waals surface area contributed by atoms with Crippen LogP contribution in [0.2, 0.25) is 0 Å². The van der Waals surface area contributed by atoms with Gasteiger partial charge in [0, 0.05) is 5.75 Å². The van der Waals surface area contributed by atoms with Crippen molar-refractivity contribution in [2.45, 2.75) is 44.8 Å². The molecule has 0 aliphatic rings. The molecule has 0 radical (unpaired) electrons. The van der Waals surface area contributed by atoms with Crippen LogP contribution >= 0.6 is 11.8 Å². The highest BCUT2D eigenvalue weighted by Crippen LogP contribution is 2.24. The van der Waals surface area contributed by atoms with Gasteiger partial charge in [-0.2, -0.15) is 0 Å². The molecule has 20 heavy (non-hydrogen) atoms. The van der Waals surface area contributed by atoms with E-state index in [-0.39, 0.29) is 10.7 Å². The monoisotopic (exact) mass is 296 g/mol. The zero-order valence-corrected chi connectivity index (χ0v) is 13.5.